The van der Waals surface area contributed by atoms with Crippen LogP contribution >= 0.6 is 0 Å². The van der Waals surface area contributed by atoms with E-state index in [2.05, 4.69) is 17.2 Å². The average Bonchev–Trinajstić information content (AvgIpc) is 3.55. The van der Waals surface area contributed by atoms with Crippen molar-refractivity contribution in [3.63, 3.8) is 0 Å². The van der Waals surface area contributed by atoms with E-state index in [-0.39, 0.29) is 17.7 Å². The molecule has 1 saturated heterocycles. The monoisotopic (exact) mass is 412 g/mol. The van der Waals surface area contributed by atoms with Gasteiger partial charge >= 0.3 is 0 Å². The van der Waals surface area contributed by atoms with E-state index in [1.807, 2.05) is 12.4 Å². The van der Waals surface area contributed by atoms with Crippen molar-refractivity contribution in [2.75, 3.05) is 18.5 Å². The number of aliphatic hydroxyl groups is 1. The molecule has 30 heavy (non-hydrogen) atoms. The van der Waals surface area contributed by atoms with E-state index in [1.54, 1.807) is 0 Å². The number of hydrogen-bond donors (Lipinski definition) is 2. The topological polar surface area (TPSA) is 89.4 Å². The normalized spacial score (nSPS) is 26.5. The fourth-order valence-corrected chi connectivity index (χ4v) is 4.76. The van der Waals surface area contributed by atoms with E-state index in [0.29, 0.717) is 17.7 Å². The molecule has 162 valence electrons. The summed E-state index contributed by atoms with van der Waals surface area (Å²) in [4.78, 5) is 14.3. The zero-order valence-corrected chi connectivity index (χ0v) is 17.8. The van der Waals surface area contributed by atoms with Gasteiger partial charge in [-0.25, -0.2) is 15.0 Å². The maximum absolute atomic E-state index is 9.94. The molecule has 0 aromatic carbocycles. The van der Waals surface area contributed by atoms with Crippen LogP contribution in [-0.2, 0) is 4.74 Å². The van der Waals surface area contributed by atoms with Gasteiger partial charge < -0.3 is 19.9 Å². The molecular formula is C23H32N4O3. The highest BCUT2D eigenvalue weighted by atomic mass is 16.5. The first kappa shape index (κ1) is 19.9. The van der Waals surface area contributed by atoms with E-state index >= 15 is 0 Å². The lowest BCUT2D eigenvalue weighted by Crippen LogP contribution is -2.26. The van der Waals surface area contributed by atoms with Gasteiger partial charge in [0.1, 0.15) is 6.10 Å². The molecule has 3 aliphatic rings. The van der Waals surface area contributed by atoms with Crippen molar-refractivity contribution in [3.8, 4) is 5.88 Å². The molecule has 0 amide bonds. The Bertz CT molecular complexity index is 887. The molecule has 0 unspecified atom stereocenters. The fourth-order valence-electron chi connectivity index (χ4n) is 4.76. The second-order valence-corrected chi connectivity index (χ2v) is 9.17. The molecule has 7 nitrogen and oxygen atoms in total. The van der Waals surface area contributed by atoms with Crippen LogP contribution in [0.1, 0.15) is 76.2 Å². The highest BCUT2D eigenvalue weighted by Gasteiger charge is 2.41. The van der Waals surface area contributed by atoms with Gasteiger partial charge in [0.2, 0.25) is 11.8 Å². The Morgan fingerprint density at radius 3 is 2.57 bits per heavy atom. The standard InChI is InChI=1S/C23H32N4O3/c1-2-23(9-10-23)27-22-25-14-19-20(26-22)18(15-3-5-16(28)6-4-15)13-24-21(19)30-17-7-11-29-12-8-17/h13-17,28H,2-12H2,1H3,(H,25,26,27)/t15-,16-. The summed E-state index contributed by atoms with van der Waals surface area (Å²) in [5, 5.41) is 14.4. The van der Waals surface area contributed by atoms with Crippen molar-refractivity contribution in [3.05, 3.63) is 18.0 Å². The van der Waals surface area contributed by atoms with Crippen LogP contribution < -0.4 is 10.1 Å². The smallest absolute Gasteiger partial charge is 0.224 e. The van der Waals surface area contributed by atoms with Crippen molar-refractivity contribution in [1.29, 1.82) is 0 Å². The van der Waals surface area contributed by atoms with Crippen LogP contribution in [0.25, 0.3) is 10.9 Å². The third-order valence-electron chi connectivity index (χ3n) is 7.10. The Morgan fingerprint density at radius 2 is 1.87 bits per heavy atom. The van der Waals surface area contributed by atoms with E-state index in [0.717, 1.165) is 74.6 Å². The van der Waals surface area contributed by atoms with Gasteiger partial charge in [0.25, 0.3) is 0 Å². The molecule has 2 N–H and O–H groups in total. The summed E-state index contributed by atoms with van der Waals surface area (Å²) in [5.74, 6) is 1.69. The summed E-state index contributed by atoms with van der Waals surface area (Å²) in [5.41, 5.74) is 2.26. The van der Waals surface area contributed by atoms with Crippen LogP contribution in [0.3, 0.4) is 0 Å². The fraction of sp³-hybridized carbons (Fsp3) is 0.696. The maximum atomic E-state index is 9.94. The lowest BCUT2D eigenvalue weighted by molar-refractivity contribution is 0.0244. The number of hydrogen-bond acceptors (Lipinski definition) is 7. The minimum Gasteiger partial charge on any atom is -0.474 e. The summed E-state index contributed by atoms with van der Waals surface area (Å²) in [6.45, 7) is 3.67. The van der Waals surface area contributed by atoms with Crippen LogP contribution in [0.2, 0.25) is 0 Å². The summed E-state index contributed by atoms with van der Waals surface area (Å²) < 4.78 is 11.7. The first-order chi connectivity index (χ1) is 14.7. The molecule has 7 heteroatoms. The quantitative estimate of drug-likeness (QED) is 0.742. The zero-order chi connectivity index (χ0) is 20.6. The lowest BCUT2D eigenvalue weighted by Gasteiger charge is -2.27. The van der Waals surface area contributed by atoms with Crippen LogP contribution in [0, 0.1) is 0 Å². The van der Waals surface area contributed by atoms with Crippen LogP contribution in [0.15, 0.2) is 12.4 Å². The van der Waals surface area contributed by atoms with Gasteiger partial charge in [-0.05, 0) is 50.9 Å². The molecule has 2 aromatic heterocycles. The molecule has 0 radical (unpaired) electrons. The molecule has 0 spiro atoms. The van der Waals surface area contributed by atoms with E-state index in [9.17, 15) is 5.11 Å². The number of fused-ring (bicyclic) bond motifs is 1. The first-order valence-electron chi connectivity index (χ1n) is 11.5. The number of nitrogens with one attached hydrogen (secondary N) is 1. The van der Waals surface area contributed by atoms with Gasteiger partial charge in [-0.1, -0.05) is 6.92 Å². The molecular weight excluding hydrogens is 380 g/mol. The molecule has 2 aromatic rings. The largest absolute Gasteiger partial charge is 0.474 e. The number of aromatic nitrogens is 3. The van der Waals surface area contributed by atoms with Gasteiger partial charge in [0.05, 0.1) is 30.2 Å². The minimum absolute atomic E-state index is 0.123. The predicted octanol–water partition coefficient (Wildman–Crippen LogP) is 3.96. The molecule has 3 heterocycles. The Kier molecular flexibility index (Phi) is 5.50. The number of anilines is 1. The van der Waals surface area contributed by atoms with Crippen LogP contribution in [0.4, 0.5) is 5.95 Å². The Labute approximate surface area is 177 Å². The summed E-state index contributed by atoms with van der Waals surface area (Å²) in [6.07, 6.45) is 12.5. The summed E-state index contributed by atoms with van der Waals surface area (Å²) in [6, 6.07) is 0. The second kappa shape index (κ2) is 8.27. The van der Waals surface area contributed by atoms with Gasteiger partial charge in [0.15, 0.2) is 0 Å². The van der Waals surface area contributed by atoms with Crippen molar-refractivity contribution >= 4 is 16.9 Å². The number of nitrogens with zero attached hydrogens (tertiary/aromatic N) is 3. The first-order valence-corrected chi connectivity index (χ1v) is 11.5. The third kappa shape index (κ3) is 4.10. The Balaban J connectivity index is 1.49. The second-order valence-electron chi connectivity index (χ2n) is 9.17. The van der Waals surface area contributed by atoms with Crippen molar-refractivity contribution in [1.82, 2.24) is 15.0 Å². The van der Waals surface area contributed by atoms with E-state index in [1.165, 1.54) is 12.8 Å². The summed E-state index contributed by atoms with van der Waals surface area (Å²) in [7, 11) is 0. The van der Waals surface area contributed by atoms with Gasteiger partial charge in [0, 0.05) is 36.3 Å². The van der Waals surface area contributed by atoms with E-state index in [4.69, 9.17) is 19.4 Å². The molecule has 2 aliphatic carbocycles. The van der Waals surface area contributed by atoms with Crippen molar-refractivity contribution in [2.45, 2.75) is 88.4 Å². The molecule has 3 fully saturated rings. The van der Waals surface area contributed by atoms with E-state index < -0.39 is 0 Å². The molecule has 2 saturated carbocycles. The highest BCUT2D eigenvalue weighted by molar-refractivity contribution is 5.86. The SMILES string of the molecule is CCC1(Nc2ncc3c(OC4CCOCC4)ncc([C@H]4CC[C@H](O)CC4)c3n2)CC1. The average molecular weight is 413 g/mol. The van der Waals surface area contributed by atoms with Gasteiger partial charge in [-0.3, -0.25) is 0 Å². The molecule has 5 rings (SSSR count). The third-order valence-corrected chi connectivity index (χ3v) is 7.10. The number of pyridine rings is 1. The molecule has 0 atom stereocenters. The zero-order valence-electron chi connectivity index (χ0n) is 17.8. The maximum Gasteiger partial charge on any atom is 0.224 e. The van der Waals surface area contributed by atoms with Crippen LogP contribution in [0.5, 0.6) is 5.88 Å². The van der Waals surface area contributed by atoms with Crippen molar-refractivity contribution in [2.24, 2.45) is 0 Å². The number of rotatable bonds is 6. The van der Waals surface area contributed by atoms with Gasteiger partial charge in [-0.15, -0.1) is 0 Å². The minimum atomic E-state index is -0.178. The summed E-state index contributed by atoms with van der Waals surface area (Å²) >= 11 is 0. The lowest BCUT2D eigenvalue weighted by atomic mass is 9.83. The Hall–Kier alpha value is -1.99. The molecule has 1 aliphatic heterocycles. The highest BCUT2D eigenvalue weighted by Crippen LogP contribution is 2.42. The van der Waals surface area contributed by atoms with Crippen LogP contribution in [-0.4, -0.2) is 51.0 Å². The Morgan fingerprint density at radius 1 is 1.10 bits per heavy atom. The van der Waals surface area contributed by atoms with Crippen molar-refractivity contribution < 1.29 is 14.6 Å². The predicted molar refractivity (Wildman–Crippen MR) is 115 cm³/mol. The number of aliphatic hydroxyl groups excluding tert-OH is 1. The van der Waals surface area contributed by atoms with Gasteiger partial charge in [-0.2, -0.15) is 0 Å². The molecule has 0 bridgehead atoms. The number of ether oxygens (including phenoxy) is 2.